The van der Waals surface area contributed by atoms with Crippen molar-refractivity contribution in [2.45, 2.75) is 33.2 Å². The van der Waals surface area contributed by atoms with E-state index in [0.717, 1.165) is 28.0 Å². The minimum Gasteiger partial charge on any atom is -0.328 e. The molecule has 0 fully saturated rings. The average Bonchev–Trinajstić information content (AvgIpc) is 2.63. The number of aromatic nitrogens is 4. The normalized spacial score (nSPS) is 11.8. The molecule has 0 amide bonds. The molecule has 0 aliphatic heterocycles. The zero-order valence-electron chi connectivity index (χ0n) is 9.53. The second-order valence-corrected chi connectivity index (χ2v) is 4.40. The summed E-state index contributed by atoms with van der Waals surface area (Å²) in [5.74, 6) is 0. The Morgan fingerprint density at radius 2 is 2.13 bits per heavy atom. The van der Waals surface area contributed by atoms with Gasteiger partial charge in [-0.25, -0.2) is 0 Å². The molecule has 5 heteroatoms. The van der Waals surface area contributed by atoms with Crippen LogP contribution in [0.2, 0.25) is 0 Å². The van der Waals surface area contributed by atoms with Crippen LogP contribution in [0.15, 0.2) is 0 Å². The van der Waals surface area contributed by atoms with Gasteiger partial charge < -0.3 is 4.98 Å². The minimum atomic E-state index is 0.353. The number of nitrogens with zero attached hydrogens (tertiary/aromatic N) is 3. The lowest BCUT2D eigenvalue weighted by atomic mass is 10.3. The van der Waals surface area contributed by atoms with E-state index in [-0.39, 0.29) is 0 Å². The molecule has 0 aliphatic carbocycles. The second kappa shape index (κ2) is 3.48. The van der Waals surface area contributed by atoms with E-state index in [1.807, 2.05) is 11.7 Å². The number of hydrogen-bond acceptors (Lipinski definition) is 2. The van der Waals surface area contributed by atoms with Gasteiger partial charge in [-0.3, -0.25) is 9.25 Å². The zero-order valence-corrected chi connectivity index (χ0v) is 10.4. The van der Waals surface area contributed by atoms with E-state index in [1.165, 1.54) is 0 Å². The predicted octanol–water partition coefficient (Wildman–Crippen LogP) is 2.58. The first-order valence-electron chi connectivity index (χ1n) is 5.22. The van der Waals surface area contributed by atoms with Gasteiger partial charge in [0.15, 0.2) is 10.4 Å². The molecule has 0 aliphatic rings. The third-order valence-corrected chi connectivity index (χ3v) is 2.92. The summed E-state index contributed by atoms with van der Waals surface area (Å²) in [7, 11) is 1.96. The maximum Gasteiger partial charge on any atom is 0.179 e. The summed E-state index contributed by atoms with van der Waals surface area (Å²) in [4.78, 5) is 3.24. The Labute approximate surface area is 93.9 Å². The Bertz CT molecular complexity index is 544. The van der Waals surface area contributed by atoms with Crippen molar-refractivity contribution in [1.29, 1.82) is 0 Å². The van der Waals surface area contributed by atoms with Crippen molar-refractivity contribution in [2.24, 2.45) is 7.05 Å². The van der Waals surface area contributed by atoms with Crippen LogP contribution in [0.1, 0.15) is 32.5 Å². The maximum atomic E-state index is 5.32. The summed E-state index contributed by atoms with van der Waals surface area (Å²) < 4.78 is 4.79. The van der Waals surface area contributed by atoms with Crippen LogP contribution in [0.4, 0.5) is 0 Å². The van der Waals surface area contributed by atoms with E-state index in [9.17, 15) is 0 Å². The van der Waals surface area contributed by atoms with E-state index in [4.69, 9.17) is 12.2 Å². The first-order valence-corrected chi connectivity index (χ1v) is 5.63. The van der Waals surface area contributed by atoms with Gasteiger partial charge in [-0.2, -0.15) is 5.10 Å². The van der Waals surface area contributed by atoms with Crippen molar-refractivity contribution in [3.63, 3.8) is 0 Å². The molecule has 2 heterocycles. The standard InChI is InChI=1S/C10H16N4S/c1-5-7-8-9(13(4)12-7)14(6(2)3)10(15)11-8/h6H,5H2,1-4H3,(H,11,15). The number of aryl methyl sites for hydroxylation is 2. The van der Waals surface area contributed by atoms with Crippen LogP contribution in [-0.4, -0.2) is 19.3 Å². The molecule has 0 spiro atoms. The van der Waals surface area contributed by atoms with Crippen LogP contribution < -0.4 is 0 Å². The molecule has 0 bridgehead atoms. The highest BCUT2D eigenvalue weighted by atomic mass is 32.1. The summed E-state index contributed by atoms with van der Waals surface area (Å²) in [6, 6.07) is 0.353. The zero-order chi connectivity index (χ0) is 11.2. The van der Waals surface area contributed by atoms with Gasteiger partial charge in [0.1, 0.15) is 5.52 Å². The summed E-state index contributed by atoms with van der Waals surface area (Å²) in [6.07, 6.45) is 0.921. The highest BCUT2D eigenvalue weighted by Crippen LogP contribution is 2.21. The molecule has 82 valence electrons. The first kappa shape index (κ1) is 10.4. The van der Waals surface area contributed by atoms with Gasteiger partial charge in [0.25, 0.3) is 0 Å². The van der Waals surface area contributed by atoms with Crippen LogP contribution in [0.25, 0.3) is 11.2 Å². The van der Waals surface area contributed by atoms with Crippen molar-refractivity contribution < 1.29 is 0 Å². The lowest BCUT2D eigenvalue weighted by molar-refractivity contribution is 0.587. The largest absolute Gasteiger partial charge is 0.328 e. The van der Waals surface area contributed by atoms with Crippen molar-refractivity contribution in [3.8, 4) is 0 Å². The molecule has 2 aromatic heterocycles. The number of rotatable bonds is 2. The van der Waals surface area contributed by atoms with Gasteiger partial charge in [0.05, 0.1) is 5.69 Å². The fourth-order valence-electron chi connectivity index (χ4n) is 1.96. The molecule has 4 nitrogen and oxygen atoms in total. The van der Waals surface area contributed by atoms with Crippen LogP contribution in [0.3, 0.4) is 0 Å². The number of nitrogens with one attached hydrogen (secondary N) is 1. The lowest BCUT2D eigenvalue weighted by Crippen LogP contribution is -2.05. The fourth-order valence-corrected chi connectivity index (χ4v) is 2.36. The topological polar surface area (TPSA) is 38.5 Å². The molecule has 15 heavy (non-hydrogen) atoms. The summed E-state index contributed by atoms with van der Waals surface area (Å²) >= 11 is 5.32. The predicted molar refractivity (Wildman–Crippen MR) is 63.7 cm³/mol. The minimum absolute atomic E-state index is 0.353. The number of aromatic amines is 1. The molecule has 1 N–H and O–H groups in total. The summed E-state index contributed by atoms with van der Waals surface area (Å²) in [5.41, 5.74) is 3.25. The summed E-state index contributed by atoms with van der Waals surface area (Å²) in [6.45, 7) is 6.36. The Morgan fingerprint density at radius 1 is 1.47 bits per heavy atom. The molecule has 0 atom stereocenters. The Hall–Kier alpha value is -1.10. The third kappa shape index (κ3) is 1.42. The number of imidazole rings is 1. The molecule has 0 radical (unpaired) electrons. The van der Waals surface area contributed by atoms with Crippen LogP contribution in [0.5, 0.6) is 0 Å². The van der Waals surface area contributed by atoms with Crippen LogP contribution >= 0.6 is 12.2 Å². The van der Waals surface area contributed by atoms with E-state index in [1.54, 1.807) is 0 Å². The first-order chi connectivity index (χ1) is 7.06. The lowest BCUT2D eigenvalue weighted by Gasteiger charge is -2.07. The molecule has 0 unspecified atom stereocenters. The molecule has 0 saturated heterocycles. The van der Waals surface area contributed by atoms with Gasteiger partial charge in [0.2, 0.25) is 0 Å². The average molecular weight is 224 g/mol. The monoisotopic (exact) mass is 224 g/mol. The van der Waals surface area contributed by atoms with E-state index in [0.29, 0.717) is 6.04 Å². The van der Waals surface area contributed by atoms with E-state index >= 15 is 0 Å². The highest BCUT2D eigenvalue weighted by molar-refractivity contribution is 7.71. The van der Waals surface area contributed by atoms with Gasteiger partial charge in [-0.1, -0.05) is 6.92 Å². The van der Waals surface area contributed by atoms with Gasteiger partial charge in [-0.05, 0) is 32.5 Å². The molecule has 2 aromatic rings. The van der Waals surface area contributed by atoms with Crippen molar-refractivity contribution >= 4 is 23.4 Å². The van der Waals surface area contributed by atoms with Crippen molar-refractivity contribution in [1.82, 2.24) is 19.3 Å². The molecular formula is C10H16N4S. The van der Waals surface area contributed by atoms with Crippen LogP contribution in [0, 0.1) is 4.77 Å². The van der Waals surface area contributed by atoms with E-state index < -0.39 is 0 Å². The molecular weight excluding hydrogens is 208 g/mol. The molecule has 2 rings (SSSR count). The van der Waals surface area contributed by atoms with Gasteiger partial charge >= 0.3 is 0 Å². The number of hydrogen-bond donors (Lipinski definition) is 1. The van der Waals surface area contributed by atoms with Gasteiger partial charge in [-0.15, -0.1) is 0 Å². The summed E-state index contributed by atoms with van der Waals surface area (Å²) in [5, 5.41) is 4.47. The second-order valence-electron chi connectivity index (χ2n) is 4.02. The van der Waals surface area contributed by atoms with Crippen molar-refractivity contribution in [3.05, 3.63) is 10.5 Å². The fraction of sp³-hybridized carbons (Fsp3) is 0.600. The van der Waals surface area contributed by atoms with Crippen LogP contribution in [-0.2, 0) is 13.5 Å². The Morgan fingerprint density at radius 3 is 2.67 bits per heavy atom. The van der Waals surface area contributed by atoms with E-state index in [2.05, 4.69) is 35.4 Å². The molecule has 0 saturated carbocycles. The SMILES string of the molecule is CCc1nn(C)c2c1[nH]c(=S)n2C(C)C. The number of fused-ring (bicyclic) bond motifs is 1. The molecule has 0 aromatic carbocycles. The quantitative estimate of drug-likeness (QED) is 0.796. The maximum absolute atomic E-state index is 5.32. The third-order valence-electron chi connectivity index (χ3n) is 2.62. The number of H-pyrrole nitrogens is 1. The highest BCUT2D eigenvalue weighted by Gasteiger charge is 2.15. The van der Waals surface area contributed by atoms with Gasteiger partial charge in [0, 0.05) is 13.1 Å². The smallest absolute Gasteiger partial charge is 0.179 e. The Balaban J connectivity index is 2.87. The Kier molecular flexibility index (Phi) is 2.42. The van der Waals surface area contributed by atoms with Crippen molar-refractivity contribution in [2.75, 3.05) is 0 Å².